The van der Waals surface area contributed by atoms with Gasteiger partial charge in [-0.25, -0.2) is 0 Å². The van der Waals surface area contributed by atoms with Gasteiger partial charge < -0.3 is 52.7 Å². The third-order valence-corrected chi connectivity index (χ3v) is 7.27. The third kappa shape index (κ3) is 12.6. The summed E-state index contributed by atoms with van der Waals surface area (Å²) in [5.41, 5.74) is 0.703. The Morgan fingerprint density at radius 1 is 0.569 bits per heavy atom. The normalized spacial score (nSPS) is 28.7. The zero-order chi connectivity index (χ0) is 37.8. The molecule has 0 spiro atoms. The summed E-state index contributed by atoms with van der Waals surface area (Å²) in [6.45, 7) is 6.68. The number of carbonyl (C=O) groups excluding carboxylic acids is 7. The number of nitrogens with one attached hydrogen (secondary N) is 1. The molecule has 2 saturated heterocycles. The maximum atomic E-state index is 12.5. The first-order valence-electron chi connectivity index (χ1n) is 15.9. The van der Waals surface area contributed by atoms with Crippen molar-refractivity contribution in [1.29, 1.82) is 0 Å². The van der Waals surface area contributed by atoms with E-state index in [4.69, 9.17) is 47.4 Å². The Morgan fingerprint density at radius 3 is 1.49 bits per heavy atom. The molecule has 0 saturated carbocycles. The van der Waals surface area contributed by atoms with E-state index in [1.165, 1.54) is 0 Å². The van der Waals surface area contributed by atoms with Gasteiger partial charge in [-0.3, -0.25) is 33.6 Å². The average molecular weight is 726 g/mol. The van der Waals surface area contributed by atoms with Gasteiger partial charge >= 0.3 is 35.8 Å². The molecule has 1 aromatic rings. The number of benzene rings is 1. The highest BCUT2D eigenvalue weighted by Crippen LogP contribution is 2.35. The van der Waals surface area contributed by atoms with E-state index in [1.807, 2.05) is 0 Å². The molecule has 0 unspecified atom stereocenters. The average Bonchev–Trinajstić information content (AvgIpc) is 3.02. The molecule has 0 aliphatic carbocycles. The molecule has 10 atom stereocenters. The smallest absolute Gasteiger partial charge is 0.303 e. The number of rotatable bonds is 14. The molecule has 2 aliphatic heterocycles. The second kappa shape index (κ2) is 19.1. The molecule has 18 heteroatoms. The summed E-state index contributed by atoms with van der Waals surface area (Å²) in [4.78, 5) is 85.7. The van der Waals surface area contributed by atoms with E-state index >= 15 is 0 Å². The lowest BCUT2D eigenvalue weighted by Gasteiger charge is -2.49. The lowest BCUT2D eigenvalue weighted by molar-refractivity contribution is -0.351. The van der Waals surface area contributed by atoms with Crippen LogP contribution in [0.25, 0.3) is 0 Å². The predicted octanol–water partition coefficient (Wildman–Crippen LogP) is 0.396. The maximum Gasteiger partial charge on any atom is 0.303 e. The van der Waals surface area contributed by atoms with Crippen LogP contribution in [0.5, 0.6) is 0 Å². The molecule has 3 rings (SSSR count). The van der Waals surface area contributed by atoms with Gasteiger partial charge in [0.2, 0.25) is 5.91 Å². The van der Waals surface area contributed by atoms with Crippen molar-refractivity contribution >= 4 is 41.7 Å². The fourth-order valence-electron chi connectivity index (χ4n) is 5.47. The van der Waals surface area contributed by atoms with E-state index in [2.05, 4.69) is 5.32 Å². The Morgan fingerprint density at radius 2 is 1.02 bits per heavy atom. The van der Waals surface area contributed by atoms with Crippen LogP contribution >= 0.6 is 0 Å². The zero-order valence-electron chi connectivity index (χ0n) is 29.2. The van der Waals surface area contributed by atoms with Gasteiger partial charge in [-0.05, 0) is 5.56 Å². The summed E-state index contributed by atoms with van der Waals surface area (Å²) in [6, 6.07) is 7.42. The van der Waals surface area contributed by atoms with Gasteiger partial charge in [0.25, 0.3) is 0 Å². The minimum atomic E-state index is -1.69. The molecule has 2 fully saturated rings. The standard InChI is InChI=1S/C33H43NO17/c1-16(35)34-26-29(47-21(6)40)27(45-19(4)38)24(14-42-17(2)36)49-32(26)51-30-28(46-20(5)39)25(15-43-18(3)37)50-33(31(30)48-22(7)41)44-13-23-11-9-8-10-12-23/h8-12,24-33H,13-15H2,1-7H3,(H,34,35)/t24-,25-,26-,27-,28-,29-,30+,31-,32+,33-/m1/s1. The minimum Gasteiger partial charge on any atom is -0.463 e. The molecular formula is C33H43NO17. The lowest BCUT2D eigenvalue weighted by atomic mass is 9.94. The first kappa shape index (κ1) is 40.8. The van der Waals surface area contributed by atoms with E-state index in [0.29, 0.717) is 5.56 Å². The van der Waals surface area contributed by atoms with Crippen LogP contribution in [0, 0.1) is 0 Å². The van der Waals surface area contributed by atoms with Crippen molar-refractivity contribution < 1.29 is 80.9 Å². The fourth-order valence-corrected chi connectivity index (χ4v) is 5.47. The van der Waals surface area contributed by atoms with Crippen LogP contribution in [-0.4, -0.2) is 116 Å². The van der Waals surface area contributed by atoms with E-state index < -0.39 is 116 Å². The molecule has 1 N–H and O–H groups in total. The first-order valence-corrected chi connectivity index (χ1v) is 15.9. The fraction of sp³-hybridized carbons (Fsp3) is 0.606. The van der Waals surface area contributed by atoms with Gasteiger partial charge in [0.05, 0.1) is 6.61 Å². The number of amides is 1. The number of hydrogen-bond donors (Lipinski definition) is 1. The van der Waals surface area contributed by atoms with E-state index in [0.717, 1.165) is 48.5 Å². The molecule has 0 bridgehead atoms. The van der Waals surface area contributed by atoms with Crippen LogP contribution in [0.4, 0.5) is 0 Å². The van der Waals surface area contributed by atoms with Crippen molar-refractivity contribution in [2.45, 2.75) is 116 Å². The highest BCUT2D eigenvalue weighted by Gasteiger charge is 2.57. The van der Waals surface area contributed by atoms with Crippen molar-refractivity contribution in [2.24, 2.45) is 0 Å². The van der Waals surface area contributed by atoms with Gasteiger partial charge in [-0.15, -0.1) is 0 Å². The van der Waals surface area contributed by atoms with E-state index in [9.17, 15) is 33.6 Å². The summed E-state index contributed by atoms with van der Waals surface area (Å²) in [5, 5.41) is 2.57. The first-order chi connectivity index (χ1) is 24.0. The quantitative estimate of drug-likeness (QED) is 0.202. The summed E-state index contributed by atoms with van der Waals surface area (Å²) >= 11 is 0. The SMILES string of the molecule is CC(=O)N[C@H]1[C@H](O[C@@H]2[C@@H](OC(C)=O)[C@H](OCc3ccccc3)O[C@H](COC(C)=O)[C@H]2OC(C)=O)O[C@H](COC(C)=O)[C@@H](OC(C)=O)[C@@H]1OC(C)=O. The Bertz CT molecular complexity index is 1400. The van der Waals surface area contributed by atoms with Gasteiger partial charge in [0, 0.05) is 48.5 Å². The third-order valence-electron chi connectivity index (χ3n) is 7.27. The molecule has 18 nitrogen and oxygen atoms in total. The van der Waals surface area contributed by atoms with Gasteiger partial charge in [0.15, 0.2) is 37.0 Å². The van der Waals surface area contributed by atoms with Gasteiger partial charge in [-0.1, -0.05) is 30.3 Å². The Hall–Kier alpha value is -4.65. The Balaban J connectivity index is 2.17. The van der Waals surface area contributed by atoms with Gasteiger partial charge in [-0.2, -0.15) is 0 Å². The largest absolute Gasteiger partial charge is 0.463 e. The number of esters is 6. The zero-order valence-corrected chi connectivity index (χ0v) is 29.2. The number of carbonyl (C=O) groups is 7. The van der Waals surface area contributed by atoms with Crippen molar-refractivity contribution in [3.63, 3.8) is 0 Å². The van der Waals surface area contributed by atoms with Crippen molar-refractivity contribution in [3.05, 3.63) is 35.9 Å². The van der Waals surface area contributed by atoms with Crippen LogP contribution in [0.2, 0.25) is 0 Å². The van der Waals surface area contributed by atoms with Crippen molar-refractivity contribution in [2.75, 3.05) is 13.2 Å². The van der Waals surface area contributed by atoms with Crippen LogP contribution in [-0.2, 0) is 87.5 Å². The van der Waals surface area contributed by atoms with Crippen molar-refractivity contribution in [3.8, 4) is 0 Å². The number of hydrogen-bond acceptors (Lipinski definition) is 17. The molecule has 51 heavy (non-hydrogen) atoms. The topological polar surface area (TPSA) is 224 Å². The monoisotopic (exact) mass is 725 g/mol. The van der Waals surface area contributed by atoms with Crippen molar-refractivity contribution in [1.82, 2.24) is 5.32 Å². The van der Waals surface area contributed by atoms with E-state index in [-0.39, 0.29) is 6.61 Å². The predicted molar refractivity (Wildman–Crippen MR) is 167 cm³/mol. The Kier molecular flexibility index (Phi) is 15.3. The summed E-state index contributed by atoms with van der Waals surface area (Å²) < 4.78 is 57.3. The second-order valence-corrected chi connectivity index (χ2v) is 11.6. The highest BCUT2D eigenvalue weighted by atomic mass is 16.8. The van der Waals surface area contributed by atoms with Crippen LogP contribution in [0.1, 0.15) is 54.0 Å². The summed E-state index contributed by atoms with van der Waals surface area (Å²) in [6.07, 6.45) is -13.3. The molecule has 0 radical (unpaired) electrons. The molecule has 1 amide bonds. The van der Waals surface area contributed by atoms with Crippen LogP contribution in [0.3, 0.4) is 0 Å². The summed E-state index contributed by atoms with van der Waals surface area (Å²) in [7, 11) is 0. The minimum absolute atomic E-state index is 0.0635. The van der Waals surface area contributed by atoms with E-state index in [1.54, 1.807) is 30.3 Å². The maximum absolute atomic E-state index is 12.5. The molecule has 2 aliphatic rings. The Labute approximate surface area is 293 Å². The molecular weight excluding hydrogens is 682 g/mol. The lowest BCUT2D eigenvalue weighted by Crippen LogP contribution is -2.69. The molecule has 0 aromatic heterocycles. The number of ether oxygens (including phenoxy) is 10. The van der Waals surface area contributed by atoms with Crippen LogP contribution < -0.4 is 5.32 Å². The summed E-state index contributed by atoms with van der Waals surface area (Å²) in [5.74, 6) is -5.42. The second-order valence-electron chi connectivity index (χ2n) is 11.6. The molecule has 1 aromatic carbocycles. The van der Waals surface area contributed by atoms with Crippen LogP contribution in [0.15, 0.2) is 30.3 Å². The van der Waals surface area contributed by atoms with Gasteiger partial charge in [0.1, 0.15) is 37.6 Å². The molecule has 282 valence electrons. The highest BCUT2D eigenvalue weighted by molar-refractivity contribution is 5.74. The molecule has 2 heterocycles.